The van der Waals surface area contributed by atoms with Crippen molar-refractivity contribution in [1.82, 2.24) is 4.72 Å². The molecule has 3 nitrogen and oxygen atoms in total. The van der Waals surface area contributed by atoms with Crippen LogP contribution in [0.25, 0.3) is 0 Å². The Hall–Kier alpha value is -0.0000000000000000555. The van der Waals surface area contributed by atoms with Gasteiger partial charge in [-0.1, -0.05) is 0 Å². The van der Waals surface area contributed by atoms with E-state index in [-0.39, 0.29) is 4.75 Å². The summed E-state index contributed by atoms with van der Waals surface area (Å²) in [5, 5.41) is 0. The summed E-state index contributed by atoms with van der Waals surface area (Å²) < 4.78 is 27.9. The van der Waals surface area contributed by atoms with Gasteiger partial charge in [-0.3, -0.25) is 5.73 Å². The molecule has 5 heteroatoms. The molecule has 1 rings (SSSR count). The molecule has 1 aliphatic rings. The van der Waals surface area contributed by atoms with Crippen LogP contribution in [0.3, 0.4) is 0 Å². The molecule has 1 fully saturated rings. The second kappa shape index (κ2) is 5.76. The van der Waals surface area contributed by atoms with Gasteiger partial charge in [0.15, 0.2) is 5.79 Å². The van der Waals surface area contributed by atoms with Crippen LogP contribution in [0.4, 0.5) is 4.39 Å². The van der Waals surface area contributed by atoms with Crippen LogP contribution >= 0.6 is 0 Å². The summed E-state index contributed by atoms with van der Waals surface area (Å²) in [6.07, 6.45) is 3.56. The first kappa shape index (κ1) is 15.1. The van der Waals surface area contributed by atoms with Crippen LogP contribution in [0.5, 0.6) is 0 Å². The highest BCUT2D eigenvalue weighted by Gasteiger charge is 2.31. The molecule has 0 aliphatic heterocycles. The Kier molecular flexibility index (Phi) is 5.10. The van der Waals surface area contributed by atoms with Gasteiger partial charge in [0.05, 0.1) is 15.7 Å². The van der Waals surface area contributed by atoms with Gasteiger partial charge >= 0.3 is 0 Å². The van der Waals surface area contributed by atoms with Crippen molar-refractivity contribution in [2.45, 2.75) is 63.4 Å². The standard InChI is InChI=1S/C12H25FN2OS/c1-11(2,3)17(16)15-9-6-10-4-7-12(13,14)8-5-10/h10,15H,4-9,14H2,1-3H3. The molecular formula is C12H25FN2OS. The lowest BCUT2D eigenvalue weighted by Crippen LogP contribution is -2.39. The summed E-state index contributed by atoms with van der Waals surface area (Å²) in [6, 6.07) is 0. The van der Waals surface area contributed by atoms with Crippen molar-refractivity contribution >= 4 is 11.0 Å². The molecule has 0 amide bonds. The second-order valence-corrected chi connectivity index (χ2v) is 8.09. The van der Waals surface area contributed by atoms with Crippen molar-refractivity contribution in [3.05, 3.63) is 0 Å². The summed E-state index contributed by atoms with van der Waals surface area (Å²) in [5.74, 6) is -0.926. The van der Waals surface area contributed by atoms with Gasteiger partial charge in [0.2, 0.25) is 0 Å². The zero-order chi connectivity index (χ0) is 13.1. The van der Waals surface area contributed by atoms with Crippen molar-refractivity contribution < 1.29 is 8.60 Å². The maximum absolute atomic E-state index is 13.4. The SMILES string of the molecule is CC(C)(C)S(=O)NCCC1CCC(N)(F)CC1. The molecule has 17 heavy (non-hydrogen) atoms. The zero-order valence-corrected chi connectivity index (χ0v) is 11.9. The number of nitrogens with two attached hydrogens (primary N) is 1. The first-order chi connectivity index (χ1) is 7.71. The Morgan fingerprint density at radius 2 is 1.94 bits per heavy atom. The third kappa shape index (κ3) is 5.44. The van der Waals surface area contributed by atoms with Gasteiger partial charge in [-0.15, -0.1) is 0 Å². The van der Waals surface area contributed by atoms with E-state index >= 15 is 0 Å². The molecule has 0 bridgehead atoms. The highest BCUT2D eigenvalue weighted by molar-refractivity contribution is 7.84. The van der Waals surface area contributed by atoms with Gasteiger partial charge in [-0.05, 0) is 58.8 Å². The topological polar surface area (TPSA) is 55.1 Å². The minimum Gasteiger partial charge on any atom is -0.299 e. The molecule has 0 saturated heterocycles. The fraction of sp³-hybridized carbons (Fsp3) is 1.00. The number of hydrogen-bond acceptors (Lipinski definition) is 2. The molecule has 0 aromatic rings. The fourth-order valence-electron chi connectivity index (χ4n) is 2.02. The van der Waals surface area contributed by atoms with Gasteiger partial charge in [0, 0.05) is 6.54 Å². The Labute approximate surface area is 106 Å². The van der Waals surface area contributed by atoms with E-state index in [1.807, 2.05) is 20.8 Å². The van der Waals surface area contributed by atoms with Crippen LogP contribution in [0, 0.1) is 5.92 Å². The van der Waals surface area contributed by atoms with E-state index < -0.39 is 16.8 Å². The lowest BCUT2D eigenvalue weighted by atomic mass is 9.83. The average Bonchev–Trinajstić information content (AvgIpc) is 2.19. The van der Waals surface area contributed by atoms with Crippen molar-refractivity contribution in [2.75, 3.05) is 6.54 Å². The number of hydrogen-bond donors (Lipinski definition) is 2. The summed E-state index contributed by atoms with van der Waals surface area (Å²) >= 11 is 0. The summed E-state index contributed by atoms with van der Waals surface area (Å²) in [4.78, 5) is 0. The normalized spacial score (nSPS) is 32.4. The molecule has 1 atom stereocenters. The maximum atomic E-state index is 13.4. The first-order valence-electron chi connectivity index (χ1n) is 6.34. The smallest absolute Gasteiger partial charge is 0.159 e. The fourth-order valence-corrected chi connectivity index (χ4v) is 2.75. The summed E-state index contributed by atoms with van der Waals surface area (Å²) in [6.45, 7) is 6.58. The quantitative estimate of drug-likeness (QED) is 0.765. The first-order valence-corrected chi connectivity index (χ1v) is 7.49. The van der Waals surface area contributed by atoms with Gasteiger partial charge in [0.1, 0.15) is 0 Å². The van der Waals surface area contributed by atoms with Crippen molar-refractivity contribution in [1.29, 1.82) is 0 Å². The number of nitrogens with one attached hydrogen (secondary N) is 1. The van der Waals surface area contributed by atoms with Crippen LogP contribution in [0.1, 0.15) is 52.9 Å². The highest BCUT2D eigenvalue weighted by atomic mass is 32.2. The molecule has 1 unspecified atom stereocenters. The van der Waals surface area contributed by atoms with Crippen LogP contribution in [0.2, 0.25) is 0 Å². The largest absolute Gasteiger partial charge is 0.299 e. The number of rotatable bonds is 4. The summed E-state index contributed by atoms with van der Waals surface area (Å²) in [5.41, 5.74) is 5.44. The monoisotopic (exact) mass is 264 g/mol. The third-order valence-corrected chi connectivity index (χ3v) is 4.86. The minimum atomic E-state index is -1.45. The molecule has 0 aromatic carbocycles. The van der Waals surface area contributed by atoms with Gasteiger partial charge in [-0.25, -0.2) is 13.3 Å². The van der Waals surface area contributed by atoms with Crippen LogP contribution in [-0.4, -0.2) is 21.3 Å². The average molecular weight is 264 g/mol. The van der Waals surface area contributed by atoms with Crippen molar-refractivity contribution in [3.63, 3.8) is 0 Å². The van der Waals surface area contributed by atoms with E-state index in [1.165, 1.54) is 0 Å². The highest BCUT2D eigenvalue weighted by Crippen LogP contribution is 2.32. The van der Waals surface area contributed by atoms with Crippen LogP contribution < -0.4 is 10.5 Å². The number of halogens is 1. The Bertz CT molecular complexity index is 266. The van der Waals surface area contributed by atoms with E-state index in [2.05, 4.69) is 4.72 Å². The van der Waals surface area contributed by atoms with E-state index in [1.54, 1.807) is 0 Å². The third-order valence-electron chi connectivity index (χ3n) is 3.28. The molecule has 0 spiro atoms. The van der Waals surface area contributed by atoms with E-state index in [9.17, 15) is 8.60 Å². The van der Waals surface area contributed by atoms with E-state index in [4.69, 9.17) is 5.73 Å². The molecule has 1 aliphatic carbocycles. The van der Waals surface area contributed by atoms with E-state index in [0.717, 1.165) is 25.8 Å². The predicted octanol–water partition coefficient (Wildman–Crippen LogP) is 2.24. The molecule has 0 radical (unpaired) electrons. The van der Waals surface area contributed by atoms with E-state index in [0.29, 0.717) is 18.8 Å². The van der Waals surface area contributed by atoms with Crippen LogP contribution in [-0.2, 0) is 11.0 Å². The Morgan fingerprint density at radius 3 is 2.41 bits per heavy atom. The maximum Gasteiger partial charge on any atom is 0.159 e. The summed E-state index contributed by atoms with van der Waals surface area (Å²) in [7, 11) is -1.01. The molecular weight excluding hydrogens is 239 g/mol. The van der Waals surface area contributed by atoms with Crippen LogP contribution in [0.15, 0.2) is 0 Å². The Balaban J connectivity index is 2.19. The Morgan fingerprint density at radius 1 is 1.41 bits per heavy atom. The molecule has 0 aromatic heterocycles. The molecule has 3 N–H and O–H groups in total. The molecule has 1 saturated carbocycles. The van der Waals surface area contributed by atoms with Gasteiger partial charge in [-0.2, -0.15) is 0 Å². The lowest BCUT2D eigenvalue weighted by molar-refractivity contribution is 0.0886. The number of alkyl halides is 1. The predicted molar refractivity (Wildman–Crippen MR) is 70.5 cm³/mol. The minimum absolute atomic E-state index is 0.224. The van der Waals surface area contributed by atoms with Crippen molar-refractivity contribution in [3.8, 4) is 0 Å². The molecule has 0 heterocycles. The zero-order valence-electron chi connectivity index (χ0n) is 11.1. The second-order valence-electron chi connectivity index (χ2n) is 6.04. The lowest BCUT2D eigenvalue weighted by Gasteiger charge is -2.31. The molecule has 102 valence electrons. The van der Waals surface area contributed by atoms with Crippen molar-refractivity contribution in [2.24, 2.45) is 11.7 Å². The van der Waals surface area contributed by atoms with Gasteiger partial charge < -0.3 is 0 Å². The van der Waals surface area contributed by atoms with Gasteiger partial charge in [0.25, 0.3) is 0 Å².